The lowest BCUT2D eigenvalue weighted by atomic mass is 9.92. The van der Waals surface area contributed by atoms with Crippen molar-refractivity contribution in [2.24, 2.45) is 5.92 Å². The number of carbonyl (C=O) groups excluding carboxylic acids is 2. The van der Waals surface area contributed by atoms with E-state index in [2.05, 4.69) is 32.8 Å². The maximum atomic E-state index is 14.9. The summed E-state index contributed by atoms with van der Waals surface area (Å²) in [5.74, 6) is 5.46. The molecule has 1 fully saturated rings. The molecule has 2 aliphatic rings. The third kappa shape index (κ3) is 6.75. The number of piperidine rings is 1. The Morgan fingerprint density at radius 2 is 1.95 bits per heavy atom. The SMILES string of the molecule is CNC(=O)c1ccc(NCC#Cc2cc(C(=O)N[C@@H]3[C@@H](C)CN(C)C[C@@H]3F)c3ncn(CC(F)(F)F)c3c2)c2c1CCCO2. The van der Waals surface area contributed by atoms with E-state index in [-0.39, 0.29) is 41.5 Å². The number of carbonyl (C=O) groups is 2. The number of ether oxygens (including phenoxy) is 1. The minimum absolute atomic E-state index is 0.0197. The molecule has 234 valence electrons. The molecule has 1 saturated heterocycles. The van der Waals surface area contributed by atoms with Crippen LogP contribution in [0.15, 0.2) is 30.6 Å². The molecule has 3 atom stereocenters. The van der Waals surface area contributed by atoms with Gasteiger partial charge in [0.25, 0.3) is 11.8 Å². The fraction of sp³-hybridized carbons (Fsp3) is 0.452. The molecule has 0 bridgehead atoms. The minimum atomic E-state index is -4.51. The largest absolute Gasteiger partial charge is 0.491 e. The predicted molar refractivity (Wildman–Crippen MR) is 158 cm³/mol. The van der Waals surface area contributed by atoms with Gasteiger partial charge in [-0.3, -0.25) is 9.59 Å². The number of amides is 2. The summed E-state index contributed by atoms with van der Waals surface area (Å²) in [4.78, 5) is 31.7. The topological polar surface area (TPSA) is 101 Å². The Balaban J connectivity index is 1.42. The maximum Gasteiger partial charge on any atom is 0.406 e. The molecule has 0 unspecified atom stereocenters. The van der Waals surface area contributed by atoms with Gasteiger partial charge in [0, 0.05) is 36.8 Å². The summed E-state index contributed by atoms with van der Waals surface area (Å²) in [6.45, 7) is 1.95. The van der Waals surface area contributed by atoms with Gasteiger partial charge in [0.15, 0.2) is 0 Å². The number of likely N-dealkylation sites (tertiary alicyclic amines) is 1. The second-order valence-electron chi connectivity index (χ2n) is 11.2. The van der Waals surface area contributed by atoms with Crippen molar-refractivity contribution in [3.63, 3.8) is 0 Å². The third-order valence-corrected chi connectivity index (χ3v) is 7.86. The van der Waals surface area contributed by atoms with Gasteiger partial charge in [-0.1, -0.05) is 18.8 Å². The van der Waals surface area contributed by atoms with Crippen LogP contribution >= 0.6 is 0 Å². The number of benzene rings is 2. The Hall–Kier alpha value is -4.31. The second kappa shape index (κ2) is 12.7. The van der Waals surface area contributed by atoms with Gasteiger partial charge in [-0.05, 0) is 50.1 Å². The number of hydrogen-bond acceptors (Lipinski definition) is 6. The average Bonchev–Trinajstić information content (AvgIpc) is 3.37. The molecule has 0 spiro atoms. The molecule has 3 N–H and O–H groups in total. The molecule has 0 saturated carbocycles. The monoisotopic (exact) mass is 614 g/mol. The molecule has 0 aliphatic carbocycles. The number of imidazole rings is 1. The van der Waals surface area contributed by atoms with Crippen molar-refractivity contribution < 1.29 is 31.9 Å². The van der Waals surface area contributed by atoms with Crippen molar-refractivity contribution in [2.45, 2.75) is 44.7 Å². The van der Waals surface area contributed by atoms with Gasteiger partial charge < -0.3 is 30.2 Å². The van der Waals surface area contributed by atoms with Crippen LogP contribution in [0.3, 0.4) is 0 Å². The molecule has 2 aromatic carbocycles. The normalized spacial score (nSPS) is 20.2. The number of halogens is 4. The van der Waals surface area contributed by atoms with E-state index >= 15 is 0 Å². The average molecular weight is 615 g/mol. The molecule has 2 aliphatic heterocycles. The van der Waals surface area contributed by atoms with Crippen molar-refractivity contribution in [3.8, 4) is 17.6 Å². The van der Waals surface area contributed by atoms with E-state index in [4.69, 9.17) is 4.74 Å². The van der Waals surface area contributed by atoms with Crippen LogP contribution in [0.25, 0.3) is 11.0 Å². The molecule has 44 heavy (non-hydrogen) atoms. The first-order valence-corrected chi connectivity index (χ1v) is 14.4. The van der Waals surface area contributed by atoms with Crippen LogP contribution in [0, 0.1) is 17.8 Å². The van der Waals surface area contributed by atoms with Gasteiger partial charge in [0.05, 0.1) is 42.3 Å². The number of aromatic nitrogens is 2. The highest BCUT2D eigenvalue weighted by Crippen LogP contribution is 2.35. The summed E-state index contributed by atoms with van der Waals surface area (Å²) in [6, 6.07) is 5.62. The van der Waals surface area contributed by atoms with E-state index in [0.717, 1.165) is 22.9 Å². The van der Waals surface area contributed by atoms with Gasteiger partial charge in [-0.15, -0.1) is 0 Å². The van der Waals surface area contributed by atoms with Crippen LogP contribution < -0.4 is 20.7 Å². The number of alkyl halides is 4. The standard InChI is InChI=1S/C31H34F4N6O3/c1-18-14-40(3)15-23(32)26(18)39-30(43)22-12-19(13-25-27(22)38-17-41(25)16-31(33,34)35)6-4-10-37-24-9-8-21(29(42)36-2)20-7-5-11-44-28(20)24/h8-9,12-13,17-18,23,26,37H,5,7,10-11,14-16H2,1-3H3,(H,36,42)(H,39,43)/t18-,23-,26+/m0/s1. The quantitative estimate of drug-likeness (QED) is 0.289. The number of fused-ring (bicyclic) bond motifs is 2. The molecular formula is C31H34F4N6O3. The fourth-order valence-electron chi connectivity index (χ4n) is 5.87. The molecular weight excluding hydrogens is 580 g/mol. The number of hydrogen-bond donors (Lipinski definition) is 3. The lowest BCUT2D eigenvalue weighted by Gasteiger charge is -2.37. The predicted octanol–water partition coefficient (Wildman–Crippen LogP) is 3.76. The zero-order chi connectivity index (χ0) is 31.6. The highest BCUT2D eigenvalue weighted by Gasteiger charge is 2.35. The Kier molecular flexibility index (Phi) is 9.01. The van der Waals surface area contributed by atoms with E-state index in [1.165, 1.54) is 12.1 Å². The molecule has 0 radical (unpaired) electrons. The van der Waals surface area contributed by atoms with Crippen LogP contribution in [0.1, 0.15) is 45.2 Å². The van der Waals surface area contributed by atoms with Crippen LogP contribution in [-0.2, 0) is 13.0 Å². The van der Waals surface area contributed by atoms with Gasteiger partial charge in [-0.25, -0.2) is 9.37 Å². The fourth-order valence-corrected chi connectivity index (χ4v) is 5.87. The molecule has 3 heterocycles. The lowest BCUT2D eigenvalue weighted by Crippen LogP contribution is -2.56. The van der Waals surface area contributed by atoms with Gasteiger partial charge >= 0.3 is 6.18 Å². The lowest BCUT2D eigenvalue weighted by molar-refractivity contribution is -0.139. The second-order valence-corrected chi connectivity index (χ2v) is 11.2. The van der Waals surface area contributed by atoms with Crippen molar-refractivity contribution in [2.75, 3.05) is 45.7 Å². The summed E-state index contributed by atoms with van der Waals surface area (Å²) >= 11 is 0. The molecule has 9 nitrogen and oxygen atoms in total. The molecule has 2 amide bonds. The van der Waals surface area contributed by atoms with Crippen LogP contribution in [-0.4, -0.2) is 85.0 Å². The first-order valence-electron chi connectivity index (χ1n) is 14.4. The zero-order valence-electron chi connectivity index (χ0n) is 24.6. The number of nitrogens with one attached hydrogen (secondary N) is 3. The van der Waals surface area contributed by atoms with Crippen LogP contribution in [0.2, 0.25) is 0 Å². The number of nitrogens with zero attached hydrogens (tertiary/aromatic N) is 3. The Morgan fingerprint density at radius 1 is 1.16 bits per heavy atom. The summed E-state index contributed by atoms with van der Waals surface area (Å²) in [5, 5.41) is 8.57. The van der Waals surface area contributed by atoms with Gasteiger partial charge in [-0.2, -0.15) is 13.2 Å². The molecule has 1 aromatic heterocycles. The summed E-state index contributed by atoms with van der Waals surface area (Å²) in [6.07, 6.45) is -3.31. The summed E-state index contributed by atoms with van der Waals surface area (Å²) in [5.41, 5.74) is 2.50. The van der Waals surface area contributed by atoms with Gasteiger partial charge in [0.1, 0.15) is 24.0 Å². The molecule has 13 heteroatoms. The first kappa shape index (κ1) is 31.1. The summed E-state index contributed by atoms with van der Waals surface area (Å²) < 4.78 is 61.6. The van der Waals surface area contributed by atoms with Crippen molar-refractivity contribution >= 4 is 28.5 Å². The van der Waals surface area contributed by atoms with Crippen LogP contribution in [0.5, 0.6) is 5.75 Å². The molecule has 5 rings (SSSR count). The first-order chi connectivity index (χ1) is 20.9. The van der Waals surface area contributed by atoms with Crippen molar-refractivity contribution in [3.05, 3.63) is 52.8 Å². The minimum Gasteiger partial charge on any atom is -0.491 e. The smallest absolute Gasteiger partial charge is 0.406 e. The van der Waals surface area contributed by atoms with E-state index in [1.807, 2.05) is 11.8 Å². The highest BCUT2D eigenvalue weighted by molar-refractivity contribution is 6.05. The van der Waals surface area contributed by atoms with E-state index in [1.54, 1.807) is 26.2 Å². The number of rotatable bonds is 6. The Bertz CT molecular complexity index is 1610. The van der Waals surface area contributed by atoms with E-state index < -0.39 is 30.8 Å². The molecule has 3 aromatic rings. The summed E-state index contributed by atoms with van der Waals surface area (Å²) in [7, 11) is 3.37. The van der Waals surface area contributed by atoms with E-state index in [0.29, 0.717) is 42.1 Å². The highest BCUT2D eigenvalue weighted by atomic mass is 19.4. The Labute approximate surface area is 252 Å². The maximum absolute atomic E-state index is 14.9. The Morgan fingerprint density at radius 3 is 2.68 bits per heavy atom. The third-order valence-electron chi connectivity index (χ3n) is 7.86. The van der Waals surface area contributed by atoms with Gasteiger partial charge in [0.2, 0.25) is 0 Å². The van der Waals surface area contributed by atoms with Crippen molar-refractivity contribution in [1.29, 1.82) is 0 Å². The van der Waals surface area contributed by atoms with Crippen LogP contribution in [0.4, 0.5) is 23.2 Å². The van der Waals surface area contributed by atoms with E-state index in [9.17, 15) is 27.2 Å². The zero-order valence-corrected chi connectivity index (χ0v) is 24.6. The number of anilines is 1. The van der Waals surface area contributed by atoms with Crippen molar-refractivity contribution in [1.82, 2.24) is 25.1 Å².